The lowest BCUT2D eigenvalue weighted by Crippen LogP contribution is -2.15. The number of halogens is 3. The summed E-state index contributed by atoms with van der Waals surface area (Å²) in [7, 11) is 0. The van der Waals surface area contributed by atoms with Crippen LogP contribution in [0.15, 0.2) is 48.8 Å². The third-order valence-corrected chi connectivity index (χ3v) is 3.63. The smallest absolute Gasteiger partial charge is 0.274 e. The molecule has 0 spiro atoms. The Balaban J connectivity index is 1.80. The molecule has 0 fully saturated rings. The van der Waals surface area contributed by atoms with Crippen molar-refractivity contribution in [1.29, 1.82) is 0 Å². The summed E-state index contributed by atoms with van der Waals surface area (Å²) in [5, 5.41) is 5.16. The molecular formula is C19H15F3N4O2. The molecule has 3 rings (SSSR count). The number of aromatic nitrogens is 2. The summed E-state index contributed by atoms with van der Waals surface area (Å²) < 4.78 is 45.6. The third-order valence-electron chi connectivity index (χ3n) is 3.63. The van der Waals surface area contributed by atoms with Gasteiger partial charge in [0.1, 0.15) is 23.6 Å². The summed E-state index contributed by atoms with van der Waals surface area (Å²) in [5.41, 5.74) is 0.103. The minimum atomic E-state index is -1.61. The normalized spacial score (nSPS) is 10.4. The number of nitrogens with one attached hydrogen (secondary N) is 2. The van der Waals surface area contributed by atoms with Crippen LogP contribution >= 0.6 is 0 Å². The zero-order chi connectivity index (χ0) is 20.1. The maximum Gasteiger partial charge on any atom is 0.274 e. The number of amides is 1. The van der Waals surface area contributed by atoms with Crippen LogP contribution in [0.25, 0.3) is 0 Å². The van der Waals surface area contributed by atoms with Crippen molar-refractivity contribution in [2.24, 2.45) is 0 Å². The lowest BCUT2D eigenvalue weighted by Gasteiger charge is -2.11. The van der Waals surface area contributed by atoms with Crippen LogP contribution in [-0.4, -0.2) is 22.5 Å². The number of hydrogen-bond donors (Lipinski definition) is 2. The van der Waals surface area contributed by atoms with Crippen LogP contribution in [0.5, 0.6) is 5.75 Å². The first-order valence-electron chi connectivity index (χ1n) is 8.25. The van der Waals surface area contributed by atoms with Crippen LogP contribution in [0, 0.1) is 17.5 Å². The highest BCUT2D eigenvalue weighted by Gasteiger charge is 2.15. The van der Waals surface area contributed by atoms with E-state index in [4.69, 9.17) is 4.74 Å². The standard InChI is InChI=1S/C19H15F3N4O2/c1-2-28-15-6-4-3-5-12(15)26-19(27)14-9-16(24-10-23-14)25-13-8-7-11(20)17(21)18(13)22/h3-10H,2H2,1H3,(H,26,27)(H,23,24,25). The molecule has 1 aromatic heterocycles. The fourth-order valence-corrected chi connectivity index (χ4v) is 2.35. The molecule has 28 heavy (non-hydrogen) atoms. The SMILES string of the molecule is CCOc1ccccc1NC(=O)c1cc(Nc2ccc(F)c(F)c2F)ncn1. The number of carbonyl (C=O) groups excluding carboxylic acids is 1. The Labute approximate surface area is 158 Å². The Kier molecular flexibility index (Phi) is 5.73. The molecule has 9 heteroatoms. The Bertz CT molecular complexity index is 1010. The van der Waals surface area contributed by atoms with Gasteiger partial charge < -0.3 is 15.4 Å². The maximum atomic E-state index is 13.8. The third kappa shape index (κ3) is 4.20. The topological polar surface area (TPSA) is 76.1 Å². The van der Waals surface area contributed by atoms with Crippen LogP contribution < -0.4 is 15.4 Å². The second-order valence-electron chi connectivity index (χ2n) is 5.52. The van der Waals surface area contributed by atoms with E-state index in [1.54, 1.807) is 24.3 Å². The van der Waals surface area contributed by atoms with Gasteiger partial charge in [0.25, 0.3) is 5.91 Å². The average Bonchev–Trinajstić information content (AvgIpc) is 2.70. The molecule has 6 nitrogen and oxygen atoms in total. The molecule has 3 aromatic rings. The van der Waals surface area contributed by atoms with Crippen molar-refractivity contribution in [3.05, 3.63) is 71.9 Å². The van der Waals surface area contributed by atoms with Crippen molar-refractivity contribution in [2.75, 3.05) is 17.2 Å². The fraction of sp³-hybridized carbons (Fsp3) is 0.105. The van der Waals surface area contributed by atoms with E-state index in [1.807, 2.05) is 6.92 Å². The summed E-state index contributed by atoms with van der Waals surface area (Å²) in [6.07, 6.45) is 1.09. The molecule has 0 aliphatic heterocycles. The van der Waals surface area contributed by atoms with Gasteiger partial charge in [-0.15, -0.1) is 0 Å². The highest BCUT2D eigenvalue weighted by molar-refractivity contribution is 6.04. The summed E-state index contributed by atoms with van der Waals surface area (Å²) >= 11 is 0. The predicted molar refractivity (Wildman–Crippen MR) is 97.2 cm³/mol. The number of benzene rings is 2. The van der Waals surface area contributed by atoms with Crippen LogP contribution in [-0.2, 0) is 0 Å². The van der Waals surface area contributed by atoms with E-state index in [1.165, 1.54) is 6.07 Å². The molecule has 1 amide bonds. The number of nitrogens with zero attached hydrogens (tertiary/aromatic N) is 2. The first kappa shape index (κ1) is 19.2. The van der Waals surface area contributed by atoms with Gasteiger partial charge in [-0.25, -0.2) is 23.1 Å². The number of ether oxygens (including phenoxy) is 1. The molecule has 2 aromatic carbocycles. The Morgan fingerprint density at radius 3 is 2.61 bits per heavy atom. The second kappa shape index (κ2) is 8.38. The summed E-state index contributed by atoms with van der Waals surface area (Å²) in [6, 6.07) is 9.92. The number of para-hydroxylation sites is 2. The van der Waals surface area contributed by atoms with Crippen molar-refractivity contribution < 1.29 is 22.7 Å². The summed E-state index contributed by atoms with van der Waals surface area (Å²) in [4.78, 5) is 20.2. The van der Waals surface area contributed by atoms with Crippen LogP contribution in [0.1, 0.15) is 17.4 Å². The van der Waals surface area contributed by atoms with Gasteiger partial charge in [0, 0.05) is 6.07 Å². The number of hydrogen-bond acceptors (Lipinski definition) is 5. The number of rotatable bonds is 6. The Morgan fingerprint density at radius 1 is 1.04 bits per heavy atom. The molecule has 0 atom stereocenters. The van der Waals surface area contributed by atoms with E-state index >= 15 is 0 Å². The van der Waals surface area contributed by atoms with Gasteiger partial charge >= 0.3 is 0 Å². The molecule has 0 unspecified atom stereocenters. The quantitative estimate of drug-likeness (QED) is 0.616. The fourth-order valence-electron chi connectivity index (χ4n) is 2.35. The van der Waals surface area contributed by atoms with Crippen molar-refractivity contribution in [3.63, 3.8) is 0 Å². The highest BCUT2D eigenvalue weighted by Crippen LogP contribution is 2.25. The zero-order valence-corrected chi connectivity index (χ0v) is 14.7. The molecule has 1 heterocycles. The number of carbonyl (C=O) groups is 1. The minimum Gasteiger partial charge on any atom is -0.492 e. The van der Waals surface area contributed by atoms with Crippen molar-refractivity contribution in [3.8, 4) is 5.75 Å². The van der Waals surface area contributed by atoms with Crippen LogP contribution in [0.4, 0.5) is 30.4 Å². The summed E-state index contributed by atoms with van der Waals surface area (Å²) in [6.45, 7) is 2.24. The molecule has 2 N–H and O–H groups in total. The van der Waals surface area contributed by atoms with E-state index in [2.05, 4.69) is 20.6 Å². The average molecular weight is 388 g/mol. The van der Waals surface area contributed by atoms with Gasteiger partial charge in [-0.05, 0) is 31.2 Å². The second-order valence-corrected chi connectivity index (χ2v) is 5.52. The highest BCUT2D eigenvalue weighted by atomic mass is 19.2. The number of anilines is 3. The zero-order valence-electron chi connectivity index (χ0n) is 14.7. The van der Waals surface area contributed by atoms with Gasteiger partial charge in [-0.3, -0.25) is 4.79 Å². The minimum absolute atomic E-state index is 0.0215. The van der Waals surface area contributed by atoms with E-state index in [-0.39, 0.29) is 17.2 Å². The molecule has 0 saturated heterocycles. The Hall–Kier alpha value is -3.62. The van der Waals surface area contributed by atoms with E-state index in [9.17, 15) is 18.0 Å². The van der Waals surface area contributed by atoms with E-state index in [0.717, 1.165) is 18.5 Å². The molecule has 0 aliphatic rings. The largest absolute Gasteiger partial charge is 0.492 e. The molecule has 144 valence electrons. The van der Waals surface area contributed by atoms with Crippen molar-refractivity contribution in [2.45, 2.75) is 6.92 Å². The van der Waals surface area contributed by atoms with Crippen molar-refractivity contribution in [1.82, 2.24) is 9.97 Å². The molecule has 0 bridgehead atoms. The Morgan fingerprint density at radius 2 is 1.82 bits per heavy atom. The molecular weight excluding hydrogens is 373 g/mol. The molecule has 0 aliphatic carbocycles. The molecule has 0 saturated carbocycles. The monoisotopic (exact) mass is 388 g/mol. The maximum absolute atomic E-state index is 13.8. The van der Waals surface area contributed by atoms with Gasteiger partial charge in [-0.2, -0.15) is 0 Å². The van der Waals surface area contributed by atoms with Gasteiger partial charge in [-0.1, -0.05) is 12.1 Å². The lowest BCUT2D eigenvalue weighted by atomic mass is 10.2. The first-order chi connectivity index (χ1) is 13.5. The lowest BCUT2D eigenvalue weighted by molar-refractivity contribution is 0.102. The summed E-state index contributed by atoms with van der Waals surface area (Å²) in [5.74, 6) is -4.33. The van der Waals surface area contributed by atoms with Gasteiger partial charge in [0.05, 0.1) is 18.0 Å². The van der Waals surface area contributed by atoms with E-state index in [0.29, 0.717) is 18.0 Å². The van der Waals surface area contributed by atoms with Gasteiger partial charge in [0.15, 0.2) is 17.5 Å². The van der Waals surface area contributed by atoms with Crippen LogP contribution in [0.3, 0.4) is 0 Å². The predicted octanol–water partition coefficient (Wildman–Crippen LogP) is 4.29. The van der Waals surface area contributed by atoms with E-state index < -0.39 is 23.4 Å². The first-order valence-corrected chi connectivity index (χ1v) is 8.25. The molecule has 0 radical (unpaired) electrons. The van der Waals surface area contributed by atoms with Crippen molar-refractivity contribution >= 4 is 23.1 Å². The van der Waals surface area contributed by atoms with Gasteiger partial charge in [0.2, 0.25) is 0 Å². The van der Waals surface area contributed by atoms with Crippen LogP contribution in [0.2, 0.25) is 0 Å².